The molecule has 0 amide bonds. The van der Waals surface area contributed by atoms with Gasteiger partial charge in [0.1, 0.15) is 5.75 Å². The predicted octanol–water partition coefficient (Wildman–Crippen LogP) is 1.35. The Morgan fingerprint density at radius 3 is 1.85 bits per heavy atom. The van der Waals surface area contributed by atoms with Crippen molar-refractivity contribution in [1.29, 1.82) is 0 Å². The van der Waals surface area contributed by atoms with Crippen LogP contribution in [0.25, 0.3) is 0 Å². The molecular formula is C19H30O6S2. The van der Waals surface area contributed by atoms with Crippen LogP contribution in [0.4, 0.5) is 0 Å². The Hall–Kier alpha value is -1.54. The molecule has 0 heterocycles. The summed E-state index contributed by atoms with van der Waals surface area (Å²) in [6, 6.07) is 0. The third kappa shape index (κ3) is 16.4. The molecule has 0 saturated carbocycles. The molecule has 27 heavy (non-hydrogen) atoms. The molecule has 2 atom stereocenters. The number of carboxylic acids is 2. The number of carboxylic acid groups (broad SMARTS) is 2. The van der Waals surface area contributed by atoms with Crippen LogP contribution in [0.15, 0.2) is 25.3 Å². The summed E-state index contributed by atoms with van der Waals surface area (Å²) in [7, 11) is 0.202. The van der Waals surface area contributed by atoms with Crippen LogP contribution in [0, 0.1) is 11.8 Å². The maximum Gasteiger partial charge on any atom is 0.306 e. The van der Waals surface area contributed by atoms with E-state index in [4.69, 9.17) is 5.11 Å². The van der Waals surface area contributed by atoms with E-state index in [2.05, 4.69) is 13.2 Å². The van der Waals surface area contributed by atoms with Gasteiger partial charge in [0.05, 0.1) is 18.4 Å². The van der Waals surface area contributed by atoms with Crippen LogP contribution in [0.3, 0.4) is 0 Å². The molecule has 0 rings (SSSR count). The maximum absolute atomic E-state index is 11.0. The summed E-state index contributed by atoms with van der Waals surface area (Å²) in [5, 5.41) is 19.4. The number of thioether (sulfide) groups is 1. The Morgan fingerprint density at radius 2 is 1.52 bits per heavy atom. The molecule has 0 aliphatic rings. The number of carbonyl (C=O) groups is 4. The topological polar surface area (TPSA) is 112 Å². The summed E-state index contributed by atoms with van der Waals surface area (Å²) in [5.74, 6) is -2.09. The van der Waals surface area contributed by atoms with Crippen molar-refractivity contribution in [1.82, 2.24) is 0 Å². The van der Waals surface area contributed by atoms with Gasteiger partial charge < -0.3 is 15.0 Å². The van der Waals surface area contributed by atoms with Gasteiger partial charge in [0.25, 0.3) is 0 Å². The van der Waals surface area contributed by atoms with Gasteiger partial charge in [-0.2, -0.15) is 11.8 Å². The smallest absolute Gasteiger partial charge is 0.306 e. The Bertz CT molecular complexity index is 516. The van der Waals surface area contributed by atoms with E-state index in [0.29, 0.717) is 12.8 Å². The van der Waals surface area contributed by atoms with Crippen molar-refractivity contribution in [3.8, 4) is 0 Å². The largest absolute Gasteiger partial charge is 0.550 e. The van der Waals surface area contributed by atoms with Crippen LogP contribution >= 0.6 is 11.8 Å². The van der Waals surface area contributed by atoms with E-state index in [9.17, 15) is 24.3 Å². The van der Waals surface area contributed by atoms with Crippen LogP contribution in [0.5, 0.6) is 0 Å². The lowest BCUT2D eigenvalue weighted by Crippen LogP contribution is -2.33. The summed E-state index contributed by atoms with van der Waals surface area (Å²) < 4.78 is 0. The second-order valence-electron chi connectivity index (χ2n) is 6.06. The highest BCUT2D eigenvalue weighted by Gasteiger charge is 2.19. The van der Waals surface area contributed by atoms with Crippen molar-refractivity contribution in [2.75, 3.05) is 30.3 Å². The molecule has 0 bridgehead atoms. The van der Waals surface area contributed by atoms with Gasteiger partial charge in [0, 0.05) is 31.1 Å². The lowest BCUT2D eigenvalue weighted by atomic mass is 10.00. The average molecular weight is 419 g/mol. The van der Waals surface area contributed by atoms with Gasteiger partial charge in [0.15, 0.2) is 11.6 Å². The molecule has 0 aliphatic carbocycles. The third-order valence-corrected chi connectivity index (χ3v) is 5.27. The molecule has 6 nitrogen and oxygen atoms in total. The van der Waals surface area contributed by atoms with Gasteiger partial charge in [-0.1, -0.05) is 13.2 Å². The van der Waals surface area contributed by atoms with E-state index in [1.54, 1.807) is 11.8 Å². The van der Waals surface area contributed by atoms with E-state index in [0.717, 1.165) is 17.6 Å². The molecule has 0 radical (unpaired) electrons. The molecular weight excluding hydrogens is 388 g/mol. The maximum atomic E-state index is 11.0. The first-order valence-corrected chi connectivity index (χ1v) is 12.0. The summed E-state index contributed by atoms with van der Waals surface area (Å²) in [5.41, 5.74) is 0. The first kappa shape index (κ1) is 27.7. The number of aliphatic carboxylic acids is 2. The fraction of sp³-hybridized carbons (Fsp3) is 0.579. The average Bonchev–Trinajstić information content (AvgIpc) is 2.61. The van der Waals surface area contributed by atoms with E-state index in [-0.39, 0.29) is 35.3 Å². The molecule has 0 unspecified atom stereocenters. The molecule has 154 valence electrons. The second kappa shape index (κ2) is 16.6. The zero-order valence-corrected chi connectivity index (χ0v) is 17.9. The van der Waals surface area contributed by atoms with E-state index < -0.39 is 23.8 Å². The fourth-order valence-corrected chi connectivity index (χ4v) is 3.18. The Morgan fingerprint density at radius 1 is 1.04 bits per heavy atom. The van der Waals surface area contributed by atoms with Gasteiger partial charge in [-0.15, -0.1) is 0 Å². The lowest BCUT2D eigenvalue weighted by Gasteiger charge is -2.14. The van der Waals surface area contributed by atoms with Crippen LogP contribution < -0.4 is 5.11 Å². The van der Waals surface area contributed by atoms with Gasteiger partial charge in [-0.25, -0.2) is 0 Å². The molecule has 0 spiro atoms. The molecule has 1 N–H and O–H groups in total. The summed E-state index contributed by atoms with van der Waals surface area (Å²) >= 11 is 1.58. The van der Waals surface area contributed by atoms with Crippen molar-refractivity contribution < 1.29 is 29.4 Å². The molecule has 0 aromatic heterocycles. The van der Waals surface area contributed by atoms with Gasteiger partial charge in [-0.3, -0.25) is 14.4 Å². The Kier molecular flexibility index (Phi) is 17.0. The van der Waals surface area contributed by atoms with Crippen molar-refractivity contribution in [2.45, 2.75) is 25.7 Å². The van der Waals surface area contributed by atoms with Crippen molar-refractivity contribution in [2.24, 2.45) is 11.8 Å². The minimum atomic E-state index is -1.13. The van der Waals surface area contributed by atoms with Gasteiger partial charge in [-0.05, 0) is 41.5 Å². The van der Waals surface area contributed by atoms with E-state index in [1.807, 2.05) is 18.8 Å². The zero-order chi connectivity index (χ0) is 21.4. The van der Waals surface area contributed by atoms with Crippen molar-refractivity contribution in [3.05, 3.63) is 25.3 Å². The molecule has 8 heteroatoms. The number of carbonyl (C=O) groups excluding carboxylic acids is 3. The number of hydrogen-bond donors (Lipinski definition) is 1. The highest BCUT2D eigenvalue weighted by Crippen LogP contribution is 2.13. The van der Waals surface area contributed by atoms with Crippen LogP contribution in [0.2, 0.25) is 0 Å². The number of hydrogen-bond acceptors (Lipinski definition) is 6. The Labute approximate surface area is 168 Å². The SMILES string of the molecule is C=CC(=O)C[C@@H](CCSC)C(=O)O.C=CC(=O)C[C@@H](CC[S+](C)C)C(=O)[O-]. The minimum absolute atomic E-state index is 0.0169. The fourth-order valence-electron chi connectivity index (χ4n) is 1.91. The van der Waals surface area contributed by atoms with Crippen LogP contribution in [-0.4, -0.2) is 58.9 Å². The number of rotatable bonds is 14. The summed E-state index contributed by atoms with van der Waals surface area (Å²) in [6.07, 6.45) is 9.47. The first-order valence-electron chi connectivity index (χ1n) is 8.36. The van der Waals surface area contributed by atoms with Crippen molar-refractivity contribution >= 4 is 46.2 Å². The van der Waals surface area contributed by atoms with E-state index >= 15 is 0 Å². The monoisotopic (exact) mass is 418 g/mol. The summed E-state index contributed by atoms with van der Waals surface area (Å²) in [4.78, 5) is 43.2. The minimum Gasteiger partial charge on any atom is -0.550 e. The molecule has 0 aromatic carbocycles. The zero-order valence-electron chi connectivity index (χ0n) is 16.3. The highest BCUT2D eigenvalue weighted by molar-refractivity contribution is 7.98. The van der Waals surface area contributed by atoms with Crippen LogP contribution in [-0.2, 0) is 30.1 Å². The number of ketones is 2. The summed E-state index contributed by atoms with van der Waals surface area (Å²) in [6.45, 7) is 6.61. The molecule has 0 aliphatic heterocycles. The van der Waals surface area contributed by atoms with Crippen molar-refractivity contribution in [3.63, 3.8) is 0 Å². The van der Waals surface area contributed by atoms with Gasteiger partial charge >= 0.3 is 5.97 Å². The molecule has 0 aromatic rings. The standard InChI is InChI=1S/C10H16O3S.C9H14O3S/c1-4-9(11)7-8(10(12)13)5-6-14(2)3;1-3-8(10)6-7(9(11)12)4-5-13-2/h4,8H,1,5-7H2,2-3H3;3,7H,1,4-6H2,2H3,(H,11,12)/t8-;7-/m11/s1. The molecule has 0 saturated heterocycles. The Balaban J connectivity index is 0. The predicted molar refractivity (Wildman–Crippen MR) is 111 cm³/mol. The van der Waals surface area contributed by atoms with E-state index in [1.165, 1.54) is 6.08 Å². The quantitative estimate of drug-likeness (QED) is 0.335. The van der Waals surface area contributed by atoms with Gasteiger partial charge in [0.2, 0.25) is 0 Å². The normalized spacial score (nSPS) is 12.3. The first-order chi connectivity index (χ1) is 12.6. The van der Waals surface area contributed by atoms with Crippen LogP contribution in [0.1, 0.15) is 25.7 Å². The number of allylic oxidation sites excluding steroid dienone is 2. The molecule has 0 fully saturated rings. The lowest BCUT2D eigenvalue weighted by molar-refractivity contribution is -0.311. The highest BCUT2D eigenvalue weighted by atomic mass is 32.2. The second-order valence-corrected chi connectivity index (χ2v) is 9.43. The third-order valence-electron chi connectivity index (χ3n) is 3.58.